The van der Waals surface area contributed by atoms with Gasteiger partial charge in [-0.05, 0) is 37.6 Å². The minimum Gasteiger partial charge on any atom is -0.348 e. The third-order valence-electron chi connectivity index (χ3n) is 5.41. The van der Waals surface area contributed by atoms with Gasteiger partial charge < -0.3 is 5.32 Å². The molecule has 3 rings (SSSR count). The lowest BCUT2D eigenvalue weighted by molar-refractivity contribution is -0.127. The molecule has 1 heterocycles. The Balaban J connectivity index is 1.48. The van der Waals surface area contributed by atoms with Crippen LogP contribution >= 0.6 is 0 Å². The molecule has 150 valence electrons. The molecule has 0 aliphatic carbocycles. The Labute approximate surface area is 165 Å². The SMILES string of the molecule is C[C@H](C(=O)N[C@H](C)c1ccc(F)cc1)N1CCN(Cc2ccccc2F)CC1. The van der Waals surface area contributed by atoms with Gasteiger partial charge in [-0.1, -0.05) is 30.3 Å². The first-order valence-electron chi connectivity index (χ1n) is 9.69. The molecule has 0 bridgehead atoms. The third-order valence-corrected chi connectivity index (χ3v) is 5.41. The van der Waals surface area contributed by atoms with Crippen LogP contribution in [0.5, 0.6) is 0 Å². The first kappa shape index (κ1) is 20.4. The predicted octanol–water partition coefficient (Wildman–Crippen LogP) is 3.35. The molecular weight excluding hydrogens is 360 g/mol. The normalized spacial score (nSPS) is 17.9. The molecule has 4 nitrogen and oxygen atoms in total. The van der Waals surface area contributed by atoms with E-state index in [4.69, 9.17) is 0 Å². The summed E-state index contributed by atoms with van der Waals surface area (Å²) in [6.45, 7) is 7.48. The summed E-state index contributed by atoms with van der Waals surface area (Å²) in [5, 5.41) is 3.00. The number of carbonyl (C=O) groups excluding carboxylic acids is 1. The van der Waals surface area contributed by atoms with Crippen molar-refractivity contribution in [1.29, 1.82) is 0 Å². The quantitative estimate of drug-likeness (QED) is 0.826. The van der Waals surface area contributed by atoms with Crippen molar-refractivity contribution in [3.05, 3.63) is 71.3 Å². The van der Waals surface area contributed by atoms with Gasteiger partial charge in [0.15, 0.2) is 0 Å². The molecule has 2 aromatic carbocycles. The molecular formula is C22H27F2N3O. The summed E-state index contributed by atoms with van der Waals surface area (Å²) in [5.74, 6) is -0.504. The average Bonchev–Trinajstić information content (AvgIpc) is 2.70. The second kappa shape index (κ2) is 9.26. The van der Waals surface area contributed by atoms with Gasteiger partial charge in [0.05, 0.1) is 12.1 Å². The standard InChI is InChI=1S/C22H27F2N3O/c1-16(18-7-9-20(23)10-8-18)25-22(28)17(2)27-13-11-26(12-14-27)15-19-5-3-4-6-21(19)24/h3-10,16-17H,11-15H2,1-2H3,(H,25,28)/t16-,17-/m1/s1. The van der Waals surface area contributed by atoms with E-state index in [0.717, 1.165) is 31.7 Å². The number of nitrogens with one attached hydrogen (secondary N) is 1. The zero-order chi connectivity index (χ0) is 20.1. The minimum absolute atomic E-state index is 0.0422. The Kier molecular flexibility index (Phi) is 6.75. The van der Waals surface area contributed by atoms with Crippen molar-refractivity contribution in [3.63, 3.8) is 0 Å². The molecule has 1 N–H and O–H groups in total. The van der Waals surface area contributed by atoms with E-state index in [1.807, 2.05) is 26.0 Å². The van der Waals surface area contributed by atoms with E-state index in [2.05, 4.69) is 15.1 Å². The van der Waals surface area contributed by atoms with Gasteiger partial charge in [0, 0.05) is 38.3 Å². The maximum atomic E-state index is 13.8. The van der Waals surface area contributed by atoms with Crippen molar-refractivity contribution in [3.8, 4) is 0 Å². The van der Waals surface area contributed by atoms with Crippen molar-refractivity contribution in [2.24, 2.45) is 0 Å². The molecule has 0 saturated carbocycles. The van der Waals surface area contributed by atoms with Gasteiger partial charge in [-0.15, -0.1) is 0 Å². The lowest BCUT2D eigenvalue weighted by Gasteiger charge is -2.37. The summed E-state index contributed by atoms with van der Waals surface area (Å²) in [5.41, 5.74) is 1.58. The molecule has 2 aromatic rings. The van der Waals surface area contributed by atoms with E-state index in [-0.39, 0.29) is 29.6 Å². The summed E-state index contributed by atoms with van der Waals surface area (Å²) in [6, 6.07) is 12.6. The number of nitrogens with zero attached hydrogens (tertiary/aromatic N) is 2. The summed E-state index contributed by atoms with van der Waals surface area (Å²) in [4.78, 5) is 17.0. The van der Waals surface area contributed by atoms with Crippen molar-refractivity contribution in [2.45, 2.75) is 32.5 Å². The van der Waals surface area contributed by atoms with Gasteiger partial charge in [0.2, 0.25) is 5.91 Å². The lowest BCUT2D eigenvalue weighted by Crippen LogP contribution is -2.53. The fraction of sp³-hybridized carbons (Fsp3) is 0.409. The van der Waals surface area contributed by atoms with E-state index in [1.54, 1.807) is 18.2 Å². The molecule has 1 aliphatic heterocycles. The fourth-order valence-electron chi connectivity index (χ4n) is 3.51. The Morgan fingerprint density at radius 3 is 2.29 bits per heavy atom. The summed E-state index contributed by atoms with van der Waals surface area (Å²) < 4.78 is 26.9. The van der Waals surface area contributed by atoms with Crippen LogP contribution < -0.4 is 5.32 Å². The Hall–Kier alpha value is -2.31. The molecule has 1 fully saturated rings. The topological polar surface area (TPSA) is 35.6 Å². The van der Waals surface area contributed by atoms with Crippen LogP contribution in [-0.2, 0) is 11.3 Å². The Morgan fingerprint density at radius 2 is 1.64 bits per heavy atom. The van der Waals surface area contributed by atoms with Crippen molar-refractivity contribution >= 4 is 5.91 Å². The van der Waals surface area contributed by atoms with Crippen molar-refractivity contribution in [1.82, 2.24) is 15.1 Å². The summed E-state index contributed by atoms with van der Waals surface area (Å²) >= 11 is 0. The summed E-state index contributed by atoms with van der Waals surface area (Å²) in [6.07, 6.45) is 0. The number of hydrogen-bond acceptors (Lipinski definition) is 3. The number of benzene rings is 2. The molecule has 2 atom stereocenters. The number of carbonyl (C=O) groups is 1. The van der Waals surface area contributed by atoms with Crippen LogP contribution in [0.1, 0.15) is 31.0 Å². The second-order valence-corrected chi connectivity index (χ2v) is 7.36. The zero-order valence-corrected chi connectivity index (χ0v) is 16.4. The Morgan fingerprint density at radius 1 is 1.00 bits per heavy atom. The molecule has 1 aliphatic rings. The molecule has 1 amide bonds. The van der Waals surface area contributed by atoms with Crippen LogP contribution in [0.4, 0.5) is 8.78 Å². The highest BCUT2D eigenvalue weighted by Gasteiger charge is 2.26. The highest BCUT2D eigenvalue weighted by atomic mass is 19.1. The summed E-state index contributed by atoms with van der Waals surface area (Å²) in [7, 11) is 0. The average molecular weight is 387 g/mol. The number of amides is 1. The number of piperazine rings is 1. The maximum Gasteiger partial charge on any atom is 0.237 e. The number of halogens is 2. The van der Waals surface area contributed by atoms with Crippen molar-refractivity contribution in [2.75, 3.05) is 26.2 Å². The van der Waals surface area contributed by atoms with E-state index in [1.165, 1.54) is 18.2 Å². The first-order chi connectivity index (χ1) is 13.4. The predicted molar refractivity (Wildman–Crippen MR) is 106 cm³/mol. The zero-order valence-electron chi connectivity index (χ0n) is 16.4. The van der Waals surface area contributed by atoms with Crippen LogP contribution in [-0.4, -0.2) is 47.9 Å². The van der Waals surface area contributed by atoms with Gasteiger partial charge in [-0.3, -0.25) is 14.6 Å². The Bertz CT molecular complexity index is 789. The second-order valence-electron chi connectivity index (χ2n) is 7.36. The molecule has 0 spiro atoms. The van der Waals surface area contributed by atoms with Gasteiger partial charge in [0.25, 0.3) is 0 Å². The van der Waals surface area contributed by atoms with Gasteiger partial charge in [0.1, 0.15) is 11.6 Å². The van der Waals surface area contributed by atoms with Crippen LogP contribution in [0, 0.1) is 11.6 Å². The first-order valence-corrected chi connectivity index (χ1v) is 9.69. The highest BCUT2D eigenvalue weighted by molar-refractivity contribution is 5.81. The molecule has 1 saturated heterocycles. The van der Waals surface area contributed by atoms with Gasteiger partial charge >= 0.3 is 0 Å². The van der Waals surface area contributed by atoms with Crippen LogP contribution in [0.25, 0.3) is 0 Å². The van der Waals surface area contributed by atoms with Crippen molar-refractivity contribution < 1.29 is 13.6 Å². The van der Waals surface area contributed by atoms with Gasteiger partial charge in [-0.25, -0.2) is 8.78 Å². The monoisotopic (exact) mass is 387 g/mol. The van der Waals surface area contributed by atoms with Gasteiger partial charge in [-0.2, -0.15) is 0 Å². The largest absolute Gasteiger partial charge is 0.348 e. The smallest absolute Gasteiger partial charge is 0.237 e. The third kappa shape index (κ3) is 5.14. The fourth-order valence-corrected chi connectivity index (χ4v) is 3.51. The van der Waals surface area contributed by atoms with E-state index < -0.39 is 0 Å². The van der Waals surface area contributed by atoms with E-state index in [9.17, 15) is 13.6 Å². The molecule has 0 aromatic heterocycles. The van der Waals surface area contributed by atoms with Crippen LogP contribution in [0.15, 0.2) is 48.5 Å². The molecule has 0 radical (unpaired) electrons. The molecule has 28 heavy (non-hydrogen) atoms. The van der Waals surface area contributed by atoms with Crippen LogP contribution in [0.2, 0.25) is 0 Å². The highest BCUT2D eigenvalue weighted by Crippen LogP contribution is 2.16. The maximum absolute atomic E-state index is 13.8. The lowest BCUT2D eigenvalue weighted by atomic mass is 10.1. The number of hydrogen-bond donors (Lipinski definition) is 1. The molecule has 6 heteroatoms. The number of rotatable bonds is 6. The van der Waals surface area contributed by atoms with E-state index in [0.29, 0.717) is 12.1 Å². The minimum atomic E-state index is -0.288. The van der Waals surface area contributed by atoms with E-state index >= 15 is 0 Å². The molecule has 0 unspecified atom stereocenters. The van der Waals surface area contributed by atoms with Crippen LogP contribution in [0.3, 0.4) is 0 Å².